The molecule has 3 N–H and O–H groups in total. The summed E-state index contributed by atoms with van der Waals surface area (Å²) in [6.07, 6.45) is 0. The summed E-state index contributed by atoms with van der Waals surface area (Å²) < 4.78 is 0. The van der Waals surface area contributed by atoms with Crippen molar-refractivity contribution < 1.29 is 5.11 Å². The fraction of sp³-hybridized carbons (Fsp3) is 0.500. The number of rotatable bonds is 1. The Morgan fingerprint density at radius 3 is 2.17 bits per heavy atom. The standard InChI is InChI=1S/C4H9NO/c1-3(5)4(2)6/h3,6H,2,5H2,1H3/t3-/m0/s1. The molecule has 0 aromatic rings. The molecule has 0 aliphatic rings. The van der Waals surface area contributed by atoms with Crippen molar-refractivity contribution in [3.05, 3.63) is 12.3 Å². The lowest BCUT2D eigenvalue weighted by Crippen LogP contribution is -2.16. The van der Waals surface area contributed by atoms with E-state index < -0.39 is 0 Å². The van der Waals surface area contributed by atoms with Gasteiger partial charge in [-0.15, -0.1) is 0 Å². The second-order valence-electron chi connectivity index (χ2n) is 1.28. The molecule has 0 heterocycles. The van der Waals surface area contributed by atoms with E-state index in [9.17, 15) is 0 Å². The van der Waals surface area contributed by atoms with Crippen molar-refractivity contribution in [2.45, 2.75) is 13.0 Å². The first-order valence-corrected chi connectivity index (χ1v) is 1.78. The lowest BCUT2D eigenvalue weighted by Gasteiger charge is -1.96. The van der Waals surface area contributed by atoms with Gasteiger partial charge in [-0.2, -0.15) is 0 Å². The summed E-state index contributed by atoms with van der Waals surface area (Å²) >= 11 is 0. The second kappa shape index (κ2) is 1.82. The lowest BCUT2D eigenvalue weighted by atomic mass is 10.3. The van der Waals surface area contributed by atoms with Gasteiger partial charge in [0.15, 0.2) is 0 Å². The predicted molar refractivity (Wildman–Crippen MR) is 25.4 cm³/mol. The summed E-state index contributed by atoms with van der Waals surface area (Å²) in [6, 6.07) is -0.287. The maximum Gasteiger partial charge on any atom is 0.101 e. The van der Waals surface area contributed by atoms with Gasteiger partial charge in [-0.05, 0) is 6.92 Å². The predicted octanol–water partition coefficient (Wildman–Crippen LogP) is 0.405. The summed E-state index contributed by atoms with van der Waals surface area (Å²) in [7, 11) is 0. The molecular formula is C4H9NO. The van der Waals surface area contributed by atoms with Crippen LogP contribution in [-0.4, -0.2) is 11.1 Å². The third-order valence-corrected chi connectivity index (χ3v) is 0.526. The second-order valence-corrected chi connectivity index (χ2v) is 1.28. The van der Waals surface area contributed by atoms with Crippen molar-refractivity contribution >= 4 is 0 Å². The molecular weight excluding hydrogens is 78.0 g/mol. The van der Waals surface area contributed by atoms with Gasteiger partial charge in [0.2, 0.25) is 0 Å². The minimum absolute atomic E-state index is 0.0370. The van der Waals surface area contributed by atoms with Crippen LogP contribution in [0.1, 0.15) is 6.92 Å². The number of aliphatic hydroxyl groups excluding tert-OH is 1. The Bertz CT molecular complexity index is 58.6. The van der Waals surface area contributed by atoms with E-state index in [0.29, 0.717) is 0 Å². The molecule has 0 amide bonds. The topological polar surface area (TPSA) is 46.2 Å². The van der Waals surface area contributed by atoms with Crippen molar-refractivity contribution in [3.8, 4) is 0 Å². The van der Waals surface area contributed by atoms with Crippen molar-refractivity contribution in [3.63, 3.8) is 0 Å². The Morgan fingerprint density at radius 1 is 2.00 bits per heavy atom. The van der Waals surface area contributed by atoms with Crippen LogP contribution < -0.4 is 5.73 Å². The van der Waals surface area contributed by atoms with Crippen LogP contribution in [-0.2, 0) is 0 Å². The van der Waals surface area contributed by atoms with Crippen LogP contribution in [0.3, 0.4) is 0 Å². The molecule has 0 saturated heterocycles. The summed E-state index contributed by atoms with van der Waals surface area (Å²) in [6.45, 7) is 4.85. The van der Waals surface area contributed by atoms with Crippen LogP contribution in [0, 0.1) is 0 Å². The van der Waals surface area contributed by atoms with Crippen LogP contribution in [0.25, 0.3) is 0 Å². The van der Waals surface area contributed by atoms with Gasteiger partial charge in [-0.3, -0.25) is 0 Å². The zero-order valence-corrected chi connectivity index (χ0v) is 3.81. The maximum atomic E-state index is 8.31. The maximum absolute atomic E-state index is 8.31. The van der Waals surface area contributed by atoms with E-state index in [0.717, 1.165) is 0 Å². The fourth-order valence-corrected chi connectivity index (χ4v) is 0. The quantitative estimate of drug-likeness (QED) is 0.455. The molecule has 0 fully saturated rings. The number of hydrogen-bond donors (Lipinski definition) is 2. The molecule has 0 radical (unpaired) electrons. The van der Waals surface area contributed by atoms with Gasteiger partial charge in [0.1, 0.15) is 5.76 Å². The van der Waals surface area contributed by atoms with Gasteiger partial charge >= 0.3 is 0 Å². The van der Waals surface area contributed by atoms with Gasteiger partial charge in [0.05, 0.1) is 6.04 Å². The van der Waals surface area contributed by atoms with Crippen LogP contribution in [0.5, 0.6) is 0 Å². The van der Waals surface area contributed by atoms with Gasteiger partial charge in [-0.25, -0.2) is 0 Å². The summed E-state index contributed by atoms with van der Waals surface area (Å²) in [5.41, 5.74) is 5.09. The molecule has 0 bridgehead atoms. The molecule has 6 heavy (non-hydrogen) atoms. The van der Waals surface area contributed by atoms with Crippen molar-refractivity contribution in [1.82, 2.24) is 0 Å². The van der Waals surface area contributed by atoms with Crippen molar-refractivity contribution in [1.29, 1.82) is 0 Å². The molecule has 2 nitrogen and oxygen atoms in total. The van der Waals surface area contributed by atoms with Gasteiger partial charge in [0.25, 0.3) is 0 Å². The molecule has 0 aliphatic carbocycles. The molecule has 0 aromatic heterocycles. The van der Waals surface area contributed by atoms with Gasteiger partial charge < -0.3 is 10.8 Å². The van der Waals surface area contributed by atoms with Crippen LogP contribution in [0.15, 0.2) is 12.3 Å². The molecule has 0 aliphatic heterocycles. The SMILES string of the molecule is C=C(O)[C@H](C)N. The minimum Gasteiger partial charge on any atom is -0.511 e. The number of nitrogens with two attached hydrogens (primary N) is 1. The molecule has 0 unspecified atom stereocenters. The number of hydrogen-bond acceptors (Lipinski definition) is 2. The van der Waals surface area contributed by atoms with Gasteiger partial charge in [0, 0.05) is 0 Å². The lowest BCUT2D eigenvalue weighted by molar-refractivity contribution is 0.377. The Balaban J connectivity index is 3.26. The summed E-state index contributed by atoms with van der Waals surface area (Å²) in [5, 5.41) is 8.31. The van der Waals surface area contributed by atoms with Crippen molar-refractivity contribution in [2.24, 2.45) is 5.73 Å². The van der Waals surface area contributed by atoms with E-state index in [1.807, 2.05) is 0 Å². The van der Waals surface area contributed by atoms with E-state index >= 15 is 0 Å². The molecule has 0 spiro atoms. The molecule has 0 saturated carbocycles. The zero-order chi connectivity index (χ0) is 5.15. The van der Waals surface area contributed by atoms with E-state index in [-0.39, 0.29) is 11.8 Å². The molecule has 2 heteroatoms. The van der Waals surface area contributed by atoms with Gasteiger partial charge in [-0.1, -0.05) is 6.58 Å². The normalized spacial score (nSPS) is 13.7. The third kappa shape index (κ3) is 1.79. The molecule has 1 atom stereocenters. The highest BCUT2D eigenvalue weighted by molar-refractivity contribution is 4.88. The van der Waals surface area contributed by atoms with Crippen molar-refractivity contribution in [2.75, 3.05) is 0 Å². The fourth-order valence-electron chi connectivity index (χ4n) is 0. The highest BCUT2D eigenvalue weighted by Crippen LogP contribution is 1.84. The molecule has 36 valence electrons. The Morgan fingerprint density at radius 2 is 2.17 bits per heavy atom. The third-order valence-electron chi connectivity index (χ3n) is 0.526. The summed E-state index contributed by atoms with van der Waals surface area (Å²) in [4.78, 5) is 0. The van der Waals surface area contributed by atoms with E-state index in [2.05, 4.69) is 6.58 Å². The van der Waals surface area contributed by atoms with Crippen LogP contribution in [0.4, 0.5) is 0 Å². The first-order valence-electron chi connectivity index (χ1n) is 1.78. The van der Waals surface area contributed by atoms with E-state index in [4.69, 9.17) is 10.8 Å². The van der Waals surface area contributed by atoms with E-state index in [1.54, 1.807) is 6.92 Å². The highest BCUT2D eigenvalue weighted by Gasteiger charge is 1.91. The number of aliphatic hydroxyl groups is 1. The van der Waals surface area contributed by atoms with Crippen LogP contribution in [0.2, 0.25) is 0 Å². The average Bonchev–Trinajstić information content (AvgIpc) is 1.36. The first-order chi connectivity index (χ1) is 2.64. The van der Waals surface area contributed by atoms with Crippen LogP contribution >= 0.6 is 0 Å². The smallest absolute Gasteiger partial charge is 0.101 e. The minimum atomic E-state index is -0.287. The Labute approximate surface area is 37.3 Å². The Kier molecular flexibility index (Phi) is 1.67. The first kappa shape index (κ1) is 5.50. The molecule has 0 aromatic carbocycles. The monoisotopic (exact) mass is 87.1 g/mol. The Hall–Kier alpha value is -0.500. The largest absolute Gasteiger partial charge is 0.511 e. The molecule has 0 rings (SSSR count). The van der Waals surface area contributed by atoms with E-state index in [1.165, 1.54) is 0 Å². The highest BCUT2D eigenvalue weighted by atomic mass is 16.3. The average molecular weight is 87.1 g/mol. The zero-order valence-electron chi connectivity index (χ0n) is 3.81. The summed E-state index contributed by atoms with van der Waals surface area (Å²) in [5.74, 6) is 0.0370.